The van der Waals surface area contributed by atoms with Crippen LogP contribution < -0.4 is 10.6 Å². The fourth-order valence-corrected chi connectivity index (χ4v) is 4.76. The molecular weight excluding hydrogens is 434 g/mol. The number of allylic oxidation sites excluding steroid dienone is 4. The van der Waals surface area contributed by atoms with Crippen molar-refractivity contribution >= 4 is 23.8 Å². The van der Waals surface area contributed by atoms with Gasteiger partial charge in [0, 0.05) is 25.1 Å². The number of fused-ring (bicyclic) bond motifs is 1. The van der Waals surface area contributed by atoms with Crippen LogP contribution in [0.3, 0.4) is 0 Å². The number of ether oxygens (including phenoxy) is 1. The number of nitrogens with one attached hydrogen (secondary N) is 2. The summed E-state index contributed by atoms with van der Waals surface area (Å²) in [6.45, 7) is 10.2. The molecule has 1 aromatic carbocycles. The first-order chi connectivity index (χ1) is 16.3. The average Bonchev–Trinajstić information content (AvgIpc) is 3.11. The highest BCUT2D eigenvalue weighted by Crippen LogP contribution is 2.38. The molecular formula is C26H29N3O5. The number of carbonyl (C=O) groups excluding carboxylic acids is 4. The van der Waals surface area contributed by atoms with Gasteiger partial charge in [-0.05, 0) is 60.4 Å². The largest absolute Gasteiger partial charge is 0.446 e. The lowest BCUT2D eigenvalue weighted by Crippen LogP contribution is -2.52. The number of benzene rings is 1. The zero-order valence-electron chi connectivity index (χ0n) is 19.3. The summed E-state index contributed by atoms with van der Waals surface area (Å²) in [5, 5.41) is 5.04. The molecule has 1 aromatic rings. The van der Waals surface area contributed by atoms with Crippen LogP contribution in [0.5, 0.6) is 0 Å². The summed E-state index contributed by atoms with van der Waals surface area (Å²) in [6.07, 6.45) is 5.06. The van der Waals surface area contributed by atoms with Gasteiger partial charge in [-0.15, -0.1) is 0 Å². The van der Waals surface area contributed by atoms with Crippen molar-refractivity contribution in [3.05, 3.63) is 71.3 Å². The van der Waals surface area contributed by atoms with E-state index >= 15 is 0 Å². The lowest BCUT2D eigenvalue weighted by Gasteiger charge is -2.36. The molecule has 2 aliphatic heterocycles. The summed E-state index contributed by atoms with van der Waals surface area (Å²) in [5.74, 6) is -0.665. The van der Waals surface area contributed by atoms with E-state index < -0.39 is 18.0 Å². The van der Waals surface area contributed by atoms with Crippen molar-refractivity contribution < 1.29 is 23.9 Å². The number of alkyl carbamates (subject to hydrolysis) is 1. The minimum Gasteiger partial charge on any atom is -0.446 e. The highest BCUT2D eigenvalue weighted by molar-refractivity contribution is 6.05. The van der Waals surface area contributed by atoms with Crippen LogP contribution in [0.25, 0.3) is 0 Å². The Morgan fingerprint density at radius 3 is 2.68 bits per heavy atom. The summed E-state index contributed by atoms with van der Waals surface area (Å²) in [7, 11) is 0. The topological polar surface area (TPSA) is 105 Å². The number of rotatable bonds is 7. The number of carbonyl (C=O) groups is 4. The van der Waals surface area contributed by atoms with Crippen LogP contribution in [0.15, 0.2) is 54.7 Å². The third-order valence-corrected chi connectivity index (χ3v) is 6.82. The van der Waals surface area contributed by atoms with E-state index in [1.807, 2.05) is 31.2 Å². The standard InChI is InChI=1S/C26H29N3O5/c1-4-15(3)20(5-2)18-11-19(12-18)34-26(33)27-13-16-6-7-17-14-29(25(32)21(17)10-16)22-8-9-23(30)28-24(22)31/h4-7,10,18-19,22H,1-2,8-9,11-14H2,3H3,(H,27,33)(H,28,30,31)/b20-15+. The molecule has 0 spiro atoms. The van der Waals surface area contributed by atoms with Gasteiger partial charge in [0.05, 0.1) is 0 Å². The van der Waals surface area contributed by atoms with Crippen LogP contribution in [0.4, 0.5) is 4.79 Å². The lowest BCUT2D eigenvalue weighted by molar-refractivity contribution is -0.136. The molecule has 4 amide bonds. The van der Waals surface area contributed by atoms with Gasteiger partial charge in [0.2, 0.25) is 11.8 Å². The lowest BCUT2D eigenvalue weighted by atomic mass is 9.75. The molecule has 1 aliphatic carbocycles. The highest BCUT2D eigenvalue weighted by Gasteiger charge is 2.39. The highest BCUT2D eigenvalue weighted by atomic mass is 16.6. The molecule has 1 unspecified atom stereocenters. The summed E-state index contributed by atoms with van der Waals surface area (Å²) in [5.41, 5.74) is 4.33. The van der Waals surface area contributed by atoms with Crippen LogP contribution in [-0.4, -0.2) is 40.9 Å². The fraction of sp³-hybridized carbons (Fsp3) is 0.385. The first kappa shape index (κ1) is 23.5. The molecule has 1 saturated carbocycles. The molecule has 3 aliphatic rings. The summed E-state index contributed by atoms with van der Waals surface area (Å²) in [6, 6.07) is 4.77. The van der Waals surface area contributed by atoms with Gasteiger partial charge in [0.25, 0.3) is 5.91 Å². The molecule has 0 bridgehead atoms. The molecule has 2 heterocycles. The number of imide groups is 1. The predicted octanol–water partition coefficient (Wildman–Crippen LogP) is 3.14. The van der Waals surface area contributed by atoms with Crippen LogP contribution in [0.1, 0.15) is 54.1 Å². The van der Waals surface area contributed by atoms with Gasteiger partial charge < -0.3 is 15.0 Å². The Hall–Kier alpha value is -3.68. The van der Waals surface area contributed by atoms with E-state index in [4.69, 9.17) is 4.74 Å². The maximum Gasteiger partial charge on any atom is 0.407 e. The van der Waals surface area contributed by atoms with Crippen LogP contribution in [-0.2, 0) is 27.4 Å². The maximum absolute atomic E-state index is 12.9. The van der Waals surface area contributed by atoms with Crippen molar-refractivity contribution in [2.45, 2.75) is 57.8 Å². The van der Waals surface area contributed by atoms with Gasteiger partial charge in [0.1, 0.15) is 12.1 Å². The molecule has 1 saturated heterocycles. The minimum atomic E-state index is -0.646. The van der Waals surface area contributed by atoms with E-state index in [0.29, 0.717) is 24.4 Å². The van der Waals surface area contributed by atoms with Gasteiger partial charge in [-0.25, -0.2) is 4.79 Å². The molecule has 0 radical (unpaired) electrons. The van der Waals surface area contributed by atoms with Crippen molar-refractivity contribution in [1.82, 2.24) is 15.5 Å². The van der Waals surface area contributed by atoms with Gasteiger partial charge in [-0.3, -0.25) is 19.7 Å². The van der Waals surface area contributed by atoms with Crippen LogP contribution in [0.2, 0.25) is 0 Å². The number of hydrogen-bond acceptors (Lipinski definition) is 5. The molecule has 178 valence electrons. The number of nitrogens with zero attached hydrogens (tertiary/aromatic N) is 1. The second-order valence-electron chi connectivity index (χ2n) is 8.99. The summed E-state index contributed by atoms with van der Waals surface area (Å²) >= 11 is 0. The first-order valence-corrected chi connectivity index (χ1v) is 11.5. The molecule has 2 fully saturated rings. The smallest absolute Gasteiger partial charge is 0.407 e. The molecule has 2 N–H and O–H groups in total. The number of piperidine rings is 1. The molecule has 34 heavy (non-hydrogen) atoms. The van der Waals surface area contributed by atoms with Crippen molar-refractivity contribution in [1.29, 1.82) is 0 Å². The van der Waals surface area contributed by atoms with Gasteiger partial charge in [0.15, 0.2) is 0 Å². The van der Waals surface area contributed by atoms with Gasteiger partial charge in [-0.2, -0.15) is 0 Å². The second kappa shape index (κ2) is 9.67. The quantitative estimate of drug-likeness (QED) is 0.478. The van der Waals surface area contributed by atoms with E-state index in [0.717, 1.165) is 35.1 Å². The molecule has 8 heteroatoms. The maximum atomic E-state index is 12.9. The SMILES string of the molecule is C=C/C(C)=C(\C=C)C1CC(OC(=O)NCc2ccc3c(c2)C(=O)N(C2CCC(=O)NC2=O)C3)C1. The Balaban J connectivity index is 1.29. The van der Waals surface area contributed by atoms with Crippen LogP contribution in [0, 0.1) is 5.92 Å². The van der Waals surface area contributed by atoms with Crippen LogP contribution >= 0.6 is 0 Å². The predicted molar refractivity (Wildman–Crippen MR) is 125 cm³/mol. The van der Waals surface area contributed by atoms with E-state index in [9.17, 15) is 19.2 Å². The Labute approximate surface area is 198 Å². The van der Waals surface area contributed by atoms with E-state index in [1.54, 1.807) is 6.07 Å². The summed E-state index contributed by atoms with van der Waals surface area (Å²) < 4.78 is 5.50. The number of amides is 4. The van der Waals surface area contributed by atoms with Crippen molar-refractivity contribution in [2.24, 2.45) is 5.92 Å². The molecule has 4 rings (SSSR count). The van der Waals surface area contributed by atoms with Crippen molar-refractivity contribution in [2.75, 3.05) is 0 Å². The average molecular weight is 464 g/mol. The third kappa shape index (κ3) is 4.66. The first-order valence-electron chi connectivity index (χ1n) is 11.5. The minimum absolute atomic E-state index is 0.138. The van der Waals surface area contributed by atoms with Gasteiger partial charge in [-0.1, -0.05) is 37.4 Å². The monoisotopic (exact) mass is 463 g/mol. The summed E-state index contributed by atoms with van der Waals surface area (Å²) in [4.78, 5) is 50.2. The van der Waals surface area contributed by atoms with E-state index in [-0.39, 0.29) is 30.9 Å². The van der Waals surface area contributed by atoms with Crippen molar-refractivity contribution in [3.8, 4) is 0 Å². The Kier molecular flexibility index (Phi) is 6.68. The molecule has 0 aromatic heterocycles. The zero-order valence-corrected chi connectivity index (χ0v) is 19.3. The Morgan fingerprint density at radius 2 is 2.00 bits per heavy atom. The normalized spacial score (nSPS) is 24.4. The third-order valence-electron chi connectivity index (χ3n) is 6.82. The van der Waals surface area contributed by atoms with Gasteiger partial charge >= 0.3 is 6.09 Å². The Bertz CT molecular complexity index is 1100. The second-order valence-corrected chi connectivity index (χ2v) is 8.99. The van der Waals surface area contributed by atoms with E-state index in [2.05, 4.69) is 23.8 Å². The van der Waals surface area contributed by atoms with Crippen molar-refractivity contribution in [3.63, 3.8) is 0 Å². The molecule has 1 atom stereocenters. The molecule has 8 nitrogen and oxygen atoms in total. The fourth-order valence-electron chi connectivity index (χ4n) is 4.76. The Morgan fingerprint density at radius 1 is 1.24 bits per heavy atom. The zero-order chi connectivity index (χ0) is 24.4. The number of hydrogen-bond donors (Lipinski definition) is 2. The van der Waals surface area contributed by atoms with E-state index in [1.165, 1.54) is 4.90 Å².